The summed E-state index contributed by atoms with van der Waals surface area (Å²) in [6.45, 7) is 0. The van der Waals surface area contributed by atoms with Gasteiger partial charge < -0.3 is 9.84 Å². The predicted molar refractivity (Wildman–Crippen MR) is 50.8 cm³/mol. The molecule has 0 aliphatic rings. The molecule has 0 radical (unpaired) electrons. The number of nitrogens with zero attached hydrogens (tertiary/aromatic N) is 2. The van der Waals surface area contributed by atoms with Crippen LogP contribution in [-0.2, 0) is 4.74 Å². The van der Waals surface area contributed by atoms with Gasteiger partial charge in [0.25, 0.3) is 5.69 Å². The first kappa shape index (κ1) is 11.5. The number of nitro groups is 1. The summed E-state index contributed by atoms with van der Waals surface area (Å²) < 4.78 is 4.34. The minimum Gasteiger partial charge on any atom is -0.506 e. The predicted octanol–water partition coefficient (Wildman–Crippen LogP) is 0.959. The van der Waals surface area contributed by atoms with Crippen molar-refractivity contribution < 1.29 is 19.6 Å². The molecule has 0 aliphatic heterocycles. The summed E-state index contributed by atoms with van der Waals surface area (Å²) in [6.07, 6.45) is 0. The third-order valence-electron chi connectivity index (χ3n) is 1.83. The topological polar surface area (TPSA) is 113 Å². The number of hydrogen-bond acceptors (Lipinski definition) is 6. The van der Waals surface area contributed by atoms with Crippen LogP contribution in [-0.4, -0.2) is 23.1 Å². The normalized spacial score (nSPS) is 9.25. The quantitative estimate of drug-likeness (QED) is 0.452. The fraction of sp³-hybridized carbons (Fsp3) is 0.111. The second-order valence-corrected chi connectivity index (χ2v) is 2.75. The molecule has 1 aromatic rings. The number of carbonyl (C=O) groups excluding carboxylic acids is 1. The zero-order chi connectivity index (χ0) is 12.3. The molecule has 0 spiro atoms. The smallest absolute Gasteiger partial charge is 0.339 e. The number of non-ortho nitro benzene ring substituents is 1. The Morgan fingerprint density at radius 2 is 2.25 bits per heavy atom. The van der Waals surface area contributed by atoms with E-state index in [1.54, 1.807) is 6.07 Å². The highest BCUT2D eigenvalue weighted by molar-refractivity contribution is 5.94. The molecule has 0 fully saturated rings. The molecule has 1 rings (SSSR count). The number of nitro benzene ring substituents is 1. The first-order chi connectivity index (χ1) is 7.51. The number of esters is 1. The van der Waals surface area contributed by atoms with E-state index < -0.39 is 22.3 Å². The van der Waals surface area contributed by atoms with Crippen molar-refractivity contribution in [2.75, 3.05) is 7.11 Å². The summed E-state index contributed by atoms with van der Waals surface area (Å²) in [5.41, 5.74) is -1.17. The van der Waals surface area contributed by atoms with Gasteiger partial charge in [0, 0.05) is 6.07 Å². The average molecular weight is 222 g/mol. The standard InChI is InChI=1S/C9H6N2O5/c1-16-9(13)6-2-5(11(14)15)3-8(12)7(6)4-10/h2-3,12H,1H3. The van der Waals surface area contributed by atoms with Gasteiger partial charge in [0.2, 0.25) is 0 Å². The lowest BCUT2D eigenvalue weighted by atomic mass is 10.1. The lowest BCUT2D eigenvalue weighted by molar-refractivity contribution is -0.385. The van der Waals surface area contributed by atoms with Crippen LogP contribution in [0.25, 0.3) is 0 Å². The van der Waals surface area contributed by atoms with Crippen LogP contribution in [0.2, 0.25) is 0 Å². The van der Waals surface area contributed by atoms with Gasteiger partial charge >= 0.3 is 5.97 Å². The fourth-order valence-electron chi connectivity index (χ4n) is 1.11. The zero-order valence-electron chi connectivity index (χ0n) is 8.13. The van der Waals surface area contributed by atoms with Crippen LogP contribution in [0, 0.1) is 21.4 Å². The highest BCUT2D eigenvalue weighted by Gasteiger charge is 2.21. The third kappa shape index (κ3) is 1.90. The number of carbonyl (C=O) groups is 1. The first-order valence-electron chi connectivity index (χ1n) is 4.01. The van der Waals surface area contributed by atoms with Crippen LogP contribution in [0.15, 0.2) is 12.1 Å². The van der Waals surface area contributed by atoms with Crippen LogP contribution in [0.3, 0.4) is 0 Å². The maximum absolute atomic E-state index is 11.2. The van der Waals surface area contributed by atoms with E-state index in [4.69, 9.17) is 5.26 Å². The third-order valence-corrected chi connectivity index (χ3v) is 1.83. The van der Waals surface area contributed by atoms with Gasteiger partial charge in [-0.05, 0) is 0 Å². The van der Waals surface area contributed by atoms with Crippen molar-refractivity contribution in [1.29, 1.82) is 5.26 Å². The Labute approximate surface area is 89.6 Å². The molecule has 7 nitrogen and oxygen atoms in total. The number of aromatic hydroxyl groups is 1. The number of ether oxygens (including phenoxy) is 1. The molecule has 7 heteroatoms. The maximum atomic E-state index is 11.2. The Bertz CT molecular complexity index is 503. The Hall–Kier alpha value is -2.62. The van der Waals surface area contributed by atoms with Gasteiger partial charge in [0.1, 0.15) is 17.4 Å². The number of phenolic OH excluding ortho intramolecular Hbond substituents is 1. The average Bonchev–Trinajstić information content (AvgIpc) is 2.26. The van der Waals surface area contributed by atoms with Crippen molar-refractivity contribution in [2.24, 2.45) is 0 Å². The summed E-state index contributed by atoms with van der Waals surface area (Å²) in [7, 11) is 1.07. The highest BCUT2D eigenvalue weighted by atomic mass is 16.6. The summed E-state index contributed by atoms with van der Waals surface area (Å²) in [5, 5.41) is 28.5. The minimum absolute atomic E-state index is 0.336. The summed E-state index contributed by atoms with van der Waals surface area (Å²) in [4.78, 5) is 20.9. The number of phenols is 1. The van der Waals surface area contributed by atoms with Gasteiger partial charge in [0.05, 0.1) is 23.7 Å². The largest absolute Gasteiger partial charge is 0.506 e. The molecule has 0 amide bonds. The van der Waals surface area contributed by atoms with Crippen molar-refractivity contribution in [3.05, 3.63) is 33.4 Å². The van der Waals surface area contributed by atoms with Crippen molar-refractivity contribution in [1.82, 2.24) is 0 Å². The second-order valence-electron chi connectivity index (χ2n) is 2.75. The van der Waals surface area contributed by atoms with E-state index in [0.717, 1.165) is 19.2 Å². The van der Waals surface area contributed by atoms with E-state index in [-0.39, 0.29) is 11.1 Å². The molecule has 1 N–H and O–H groups in total. The molecule has 0 unspecified atom stereocenters. The van der Waals surface area contributed by atoms with Gasteiger partial charge in [-0.2, -0.15) is 5.26 Å². The van der Waals surface area contributed by atoms with Crippen LogP contribution in [0.4, 0.5) is 5.69 Å². The number of methoxy groups -OCH3 is 1. The summed E-state index contributed by atoms with van der Waals surface area (Å²) in [6, 6.07) is 3.25. The zero-order valence-corrected chi connectivity index (χ0v) is 8.13. The lowest BCUT2D eigenvalue weighted by Gasteiger charge is -2.03. The number of nitriles is 1. The molecular weight excluding hydrogens is 216 g/mol. The van der Waals surface area contributed by atoms with Gasteiger partial charge in [-0.1, -0.05) is 0 Å². The summed E-state index contributed by atoms with van der Waals surface area (Å²) in [5.74, 6) is -1.55. The lowest BCUT2D eigenvalue weighted by Crippen LogP contribution is -2.05. The molecule has 0 bridgehead atoms. The monoisotopic (exact) mass is 222 g/mol. The number of benzene rings is 1. The highest BCUT2D eigenvalue weighted by Crippen LogP contribution is 2.27. The van der Waals surface area contributed by atoms with Crippen LogP contribution >= 0.6 is 0 Å². The molecule has 0 saturated heterocycles. The minimum atomic E-state index is -0.921. The number of rotatable bonds is 2. The maximum Gasteiger partial charge on any atom is 0.339 e. The van der Waals surface area contributed by atoms with E-state index in [1.165, 1.54) is 0 Å². The molecule has 0 saturated carbocycles. The van der Waals surface area contributed by atoms with Gasteiger partial charge in [0.15, 0.2) is 0 Å². The summed E-state index contributed by atoms with van der Waals surface area (Å²) >= 11 is 0. The van der Waals surface area contributed by atoms with E-state index in [0.29, 0.717) is 0 Å². The van der Waals surface area contributed by atoms with E-state index in [1.807, 2.05) is 0 Å². The van der Waals surface area contributed by atoms with Crippen molar-refractivity contribution >= 4 is 11.7 Å². The molecule has 82 valence electrons. The Balaban J connectivity index is 3.50. The Kier molecular flexibility index (Phi) is 3.06. The van der Waals surface area contributed by atoms with Crippen LogP contribution < -0.4 is 0 Å². The van der Waals surface area contributed by atoms with Crippen molar-refractivity contribution in [3.63, 3.8) is 0 Å². The van der Waals surface area contributed by atoms with Crippen molar-refractivity contribution in [3.8, 4) is 11.8 Å². The van der Waals surface area contributed by atoms with Crippen molar-refractivity contribution in [2.45, 2.75) is 0 Å². The fourth-order valence-corrected chi connectivity index (χ4v) is 1.11. The second kappa shape index (κ2) is 4.27. The number of hydrogen-bond donors (Lipinski definition) is 1. The first-order valence-corrected chi connectivity index (χ1v) is 4.01. The SMILES string of the molecule is COC(=O)c1cc([N+](=O)[O-])cc(O)c1C#N. The molecule has 0 aliphatic carbocycles. The van der Waals surface area contributed by atoms with E-state index in [2.05, 4.69) is 4.74 Å². The van der Waals surface area contributed by atoms with Gasteiger partial charge in [-0.25, -0.2) is 4.79 Å². The molecule has 0 atom stereocenters. The Morgan fingerprint density at radius 3 is 2.69 bits per heavy atom. The molecular formula is C9H6N2O5. The Morgan fingerprint density at radius 1 is 1.62 bits per heavy atom. The molecule has 0 heterocycles. The van der Waals surface area contributed by atoms with Gasteiger partial charge in [-0.3, -0.25) is 10.1 Å². The van der Waals surface area contributed by atoms with Gasteiger partial charge in [-0.15, -0.1) is 0 Å². The van der Waals surface area contributed by atoms with E-state index >= 15 is 0 Å². The van der Waals surface area contributed by atoms with Crippen LogP contribution in [0.1, 0.15) is 15.9 Å². The van der Waals surface area contributed by atoms with E-state index in [9.17, 15) is 20.0 Å². The van der Waals surface area contributed by atoms with Crippen LogP contribution in [0.5, 0.6) is 5.75 Å². The molecule has 1 aromatic carbocycles. The molecule has 16 heavy (non-hydrogen) atoms. The molecule has 0 aromatic heterocycles.